The number of hydrogen-bond acceptors (Lipinski definition) is 4. The molecule has 158 valence electrons. The van der Waals surface area contributed by atoms with Crippen LogP contribution < -0.4 is 15.0 Å². The summed E-state index contributed by atoms with van der Waals surface area (Å²) in [7, 11) is 0. The summed E-state index contributed by atoms with van der Waals surface area (Å²) in [4.78, 5) is 27.0. The Kier molecular flexibility index (Phi) is 6.63. The smallest absolute Gasteiger partial charge is 0.256 e. The van der Waals surface area contributed by atoms with Gasteiger partial charge < -0.3 is 10.1 Å². The van der Waals surface area contributed by atoms with E-state index in [1.165, 1.54) is 0 Å². The minimum absolute atomic E-state index is 0.0495. The van der Waals surface area contributed by atoms with E-state index in [0.29, 0.717) is 29.4 Å². The highest BCUT2D eigenvalue weighted by molar-refractivity contribution is 9.10. The maximum absolute atomic E-state index is 12.7. The number of hydrogen-bond donors (Lipinski definition) is 1. The topological polar surface area (TPSA) is 58.6 Å². The lowest BCUT2D eigenvalue weighted by molar-refractivity contribution is -0.115. The van der Waals surface area contributed by atoms with Crippen molar-refractivity contribution in [3.05, 3.63) is 88.4 Å². The number of rotatable bonds is 6. The van der Waals surface area contributed by atoms with Crippen molar-refractivity contribution in [3.8, 4) is 5.75 Å². The number of halogens is 1. The van der Waals surface area contributed by atoms with Crippen molar-refractivity contribution < 1.29 is 14.3 Å². The molecule has 0 radical (unpaired) electrons. The van der Waals surface area contributed by atoms with E-state index >= 15 is 0 Å². The number of nitrogens with zero attached hydrogens (tertiary/aromatic N) is 1. The van der Waals surface area contributed by atoms with Crippen LogP contribution >= 0.6 is 27.7 Å². The van der Waals surface area contributed by atoms with Crippen molar-refractivity contribution in [2.24, 2.45) is 0 Å². The Morgan fingerprint density at radius 2 is 1.81 bits per heavy atom. The van der Waals surface area contributed by atoms with Gasteiger partial charge >= 0.3 is 0 Å². The largest absolute Gasteiger partial charge is 0.492 e. The van der Waals surface area contributed by atoms with Crippen molar-refractivity contribution in [1.29, 1.82) is 0 Å². The van der Waals surface area contributed by atoms with Gasteiger partial charge in [-0.2, -0.15) is 0 Å². The fourth-order valence-electron chi connectivity index (χ4n) is 3.44. The van der Waals surface area contributed by atoms with Gasteiger partial charge in [-0.25, -0.2) is 0 Å². The highest BCUT2D eigenvalue weighted by Crippen LogP contribution is 2.44. The van der Waals surface area contributed by atoms with E-state index in [9.17, 15) is 9.59 Å². The molecule has 5 nitrogen and oxygen atoms in total. The Labute approximate surface area is 193 Å². The summed E-state index contributed by atoms with van der Waals surface area (Å²) in [6.07, 6.45) is 0. The average Bonchev–Trinajstić information content (AvgIpc) is 3.16. The number of nitrogens with one attached hydrogen (secondary N) is 1. The summed E-state index contributed by atoms with van der Waals surface area (Å²) < 4.78 is 6.49. The number of carbonyl (C=O) groups excluding carboxylic acids is 2. The van der Waals surface area contributed by atoms with Gasteiger partial charge in [-0.15, -0.1) is 11.8 Å². The SMILES string of the molecule is CCOc1ccccc1N1C(=O)CS[C@@H]1c1ccc(NC(=O)c2ccccc2Br)cc1. The molecule has 3 aromatic rings. The molecule has 3 aromatic carbocycles. The Bertz CT molecular complexity index is 1100. The van der Waals surface area contributed by atoms with Crippen molar-refractivity contribution in [3.63, 3.8) is 0 Å². The quantitative estimate of drug-likeness (QED) is 0.462. The number of carbonyl (C=O) groups is 2. The van der Waals surface area contributed by atoms with Gasteiger partial charge in [0.2, 0.25) is 5.91 Å². The molecule has 4 rings (SSSR count). The number of benzene rings is 3. The highest BCUT2D eigenvalue weighted by Gasteiger charge is 2.35. The maximum atomic E-state index is 12.7. The van der Waals surface area contributed by atoms with Crippen LogP contribution in [0.2, 0.25) is 0 Å². The van der Waals surface area contributed by atoms with Crippen molar-refractivity contribution in [2.75, 3.05) is 22.6 Å². The lowest BCUT2D eigenvalue weighted by Gasteiger charge is -2.26. The molecular formula is C24H21BrN2O3S. The van der Waals surface area contributed by atoms with Gasteiger partial charge in [0, 0.05) is 10.2 Å². The first-order valence-corrected chi connectivity index (χ1v) is 11.7. The zero-order valence-electron chi connectivity index (χ0n) is 16.9. The first-order valence-electron chi connectivity index (χ1n) is 9.90. The molecule has 7 heteroatoms. The van der Waals surface area contributed by atoms with Gasteiger partial charge in [0.1, 0.15) is 11.1 Å². The van der Waals surface area contributed by atoms with Gasteiger partial charge in [-0.3, -0.25) is 14.5 Å². The molecule has 1 aliphatic rings. The molecule has 1 aliphatic heterocycles. The molecule has 1 saturated heterocycles. The first-order chi connectivity index (χ1) is 15.1. The predicted octanol–water partition coefficient (Wildman–Crippen LogP) is 5.88. The van der Waals surface area contributed by atoms with E-state index in [-0.39, 0.29) is 17.2 Å². The highest BCUT2D eigenvalue weighted by atomic mass is 79.9. The minimum Gasteiger partial charge on any atom is -0.492 e. The standard InChI is InChI=1S/C24H21BrN2O3S/c1-2-30-21-10-6-5-9-20(21)27-22(28)15-31-24(27)16-11-13-17(14-12-16)26-23(29)18-7-3-4-8-19(18)25/h3-14,24H,2,15H2,1H3,(H,26,29)/t24-/m1/s1. The monoisotopic (exact) mass is 496 g/mol. The zero-order valence-corrected chi connectivity index (χ0v) is 19.3. The van der Waals surface area contributed by atoms with E-state index in [4.69, 9.17) is 4.74 Å². The third kappa shape index (κ3) is 4.62. The van der Waals surface area contributed by atoms with E-state index in [1.807, 2.05) is 73.7 Å². The van der Waals surface area contributed by atoms with Crippen LogP contribution in [0.15, 0.2) is 77.3 Å². The zero-order chi connectivity index (χ0) is 21.8. The summed E-state index contributed by atoms with van der Waals surface area (Å²) in [5, 5.41) is 2.77. The van der Waals surface area contributed by atoms with Gasteiger partial charge in [0.05, 0.1) is 23.6 Å². The second-order valence-corrected chi connectivity index (χ2v) is 8.81. The number of para-hydroxylation sites is 2. The van der Waals surface area contributed by atoms with Crippen LogP contribution in [0, 0.1) is 0 Å². The third-order valence-electron chi connectivity index (χ3n) is 4.86. The van der Waals surface area contributed by atoms with Crippen LogP contribution in [-0.4, -0.2) is 24.2 Å². The molecule has 0 unspecified atom stereocenters. The number of thioether (sulfide) groups is 1. The summed E-state index contributed by atoms with van der Waals surface area (Å²) in [5.74, 6) is 0.973. The van der Waals surface area contributed by atoms with Crippen LogP contribution in [0.3, 0.4) is 0 Å². The van der Waals surface area contributed by atoms with Crippen molar-refractivity contribution in [1.82, 2.24) is 0 Å². The Morgan fingerprint density at radius 3 is 2.55 bits per heavy atom. The molecule has 1 atom stereocenters. The molecule has 1 N–H and O–H groups in total. The van der Waals surface area contributed by atoms with Crippen LogP contribution in [0.4, 0.5) is 11.4 Å². The van der Waals surface area contributed by atoms with Crippen molar-refractivity contribution >= 4 is 50.9 Å². The van der Waals surface area contributed by atoms with Gasteiger partial charge in [-0.1, -0.05) is 36.4 Å². The average molecular weight is 497 g/mol. The molecule has 0 bridgehead atoms. The molecule has 0 aromatic heterocycles. The molecule has 1 fully saturated rings. The van der Waals surface area contributed by atoms with Crippen LogP contribution in [-0.2, 0) is 4.79 Å². The summed E-state index contributed by atoms with van der Waals surface area (Å²) >= 11 is 4.99. The lowest BCUT2D eigenvalue weighted by atomic mass is 10.1. The second kappa shape index (κ2) is 9.58. The van der Waals surface area contributed by atoms with Crippen LogP contribution in [0.1, 0.15) is 28.2 Å². The number of amides is 2. The van der Waals surface area contributed by atoms with E-state index in [0.717, 1.165) is 15.7 Å². The van der Waals surface area contributed by atoms with E-state index < -0.39 is 0 Å². The van der Waals surface area contributed by atoms with Crippen LogP contribution in [0.25, 0.3) is 0 Å². The number of ether oxygens (including phenoxy) is 1. The molecule has 0 saturated carbocycles. The minimum atomic E-state index is -0.182. The lowest BCUT2D eigenvalue weighted by Crippen LogP contribution is -2.28. The van der Waals surface area contributed by atoms with E-state index in [2.05, 4.69) is 21.2 Å². The normalized spacial score (nSPS) is 15.7. The van der Waals surface area contributed by atoms with Gasteiger partial charge in [-0.05, 0) is 64.8 Å². The first kappa shape index (κ1) is 21.5. The summed E-state index contributed by atoms with van der Waals surface area (Å²) in [6.45, 7) is 2.46. The fourth-order valence-corrected chi connectivity index (χ4v) is 5.07. The molecule has 0 spiro atoms. The molecule has 1 heterocycles. The molecule has 31 heavy (non-hydrogen) atoms. The van der Waals surface area contributed by atoms with Crippen LogP contribution in [0.5, 0.6) is 5.75 Å². The molecular weight excluding hydrogens is 476 g/mol. The summed E-state index contributed by atoms with van der Waals surface area (Å²) in [6, 6.07) is 22.5. The maximum Gasteiger partial charge on any atom is 0.256 e. The van der Waals surface area contributed by atoms with E-state index in [1.54, 1.807) is 22.7 Å². The third-order valence-corrected chi connectivity index (χ3v) is 6.77. The Balaban J connectivity index is 1.55. The second-order valence-electron chi connectivity index (χ2n) is 6.88. The Morgan fingerprint density at radius 1 is 1.10 bits per heavy atom. The summed E-state index contributed by atoms with van der Waals surface area (Å²) in [5.41, 5.74) is 3.03. The number of anilines is 2. The fraction of sp³-hybridized carbons (Fsp3) is 0.167. The Hall–Kier alpha value is -2.77. The van der Waals surface area contributed by atoms with Crippen molar-refractivity contribution in [2.45, 2.75) is 12.3 Å². The molecule has 0 aliphatic carbocycles. The molecule has 2 amide bonds. The predicted molar refractivity (Wildman–Crippen MR) is 129 cm³/mol. The van der Waals surface area contributed by atoms with Gasteiger partial charge in [0.25, 0.3) is 5.91 Å². The van der Waals surface area contributed by atoms with Gasteiger partial charge in [0.15, 0.2) is 0 Å².